The highest BCUT2D eigenvalue weighted by molar-refractivity contribution is 9.10. The summed E-state index contributed by atoms with van der Waals surface area (Å²) in [6.07, 6.45) is 0. The van der Waals surface area contributed by atoms with Gasteiger partial charge in [0.15, 0.2) is 0 Å². The predicted molar refractivity (Wildman–Crippen MR) is 90.5 cm³/mol. The maximum atomic E-state index is 14.3. The predicted octanol–water partition coefficient (Wildman–Crippen LogP) is 5.56. The van der Waals surface area contributed by atoms with E-state index in [4.69, 9.17) is 11.6 Å². The molecule has 0 aliphatic carbocycles. The first-order valence-corrected chi connectivity index (χ1v) is 8.06. The molecule has 1 atom stereocenters. The van der Waals surface area contributed by atoms with Crippen molar-refractivity contribution in [2.75, 3.05) is 6.54 Å². The van der Waals surface area contributed by atoms with E-state index in [1.807, 2.05) is 20.8 Å². The molecule has 0 bridgehead atoms. The molecular formula is C17H18BrClFN. The summed E-state index contributed by atoms with van der Waals surface area (Å²) in [7, 11) is 0. The number of rotatable bonds is 4. The first-order chi connectivity index (χ1) is 9.95. The molecule has 0 aromatic heterocycles. The Morgan fingerprint density at radius 1 is 1.24 bits per heavy atom. The lowest BCUT2D eigenvalue weighted by molar-refractivity contribution is 0.558. The standard InChI is InChI=1S/C17H18BrClFN/c1-4-21-17(16-14(19)6-5-7-15(16)20)12-8-11(3)13(18)9-10(12)2/h5-9,17,21H,4H2,1-3H3. The van der Waals surface area contributed by atoms with E-state index in [9.17, 15) is 4.39 Å². The summed E-state index contributed by atoms with van der Waals surface area (Å²) in [6.45, 7) is 6.78. The monoisotopic (exact) mass is 369 g/mol. The maximum absolute atomic E-state index is 14.3. The van der Waals surface area contributed by atoms with E-state index < -0.39 is 0 Å². The van der Waals surface area contributed by atoms with Crippen LogP contribution < -0.4 is 5.32 Å². The van der Waals surface area contributed by atoms with Crippen LogP contribution in [0.5, 0.6) is 0 Å². The molecule has 112 valence electrons. The lowest BCUT2D eigenvalue weighted by Crippen LogP contribution is -2.24. The summed E-state index contributed by atoms with van der Waals surface area (Å²) in [5.74, 6) is -0.284. The Bertz CT molecular complexity index is 637. The van der Waals surface area contributed by atoms with Crippen LogP contribution in [0.2, 0.25) is 5.02 Å². The van der Waals surface area contributed by atoms with Gasteiger partial charge >= 0.3 is 0 Å². The van der Waals surface area contributed by atoms with E-state index in [-0.39, 0.29) is 11.9 Å². The summed E-state index contributed by atoms with van der Waals surface area (Å²) < 4.78 is 15.3. The minimum absolute atomic E-state index is 0.254. The number of aryl methyl sites for hydroxylation is 2. The van der Waals surface area contributed by atoms with Gasteiger partial charge in [0.25, 0.3) is 0 Å². The van der Waals surface area contributed by atoms with Crippen LogP contribution in [-0.4, -0.2) is 6.54 Å². The molecular weight excluding hydrogens is 353 g/mol. The highest BCUT2D eigenvalue weighted by atomic mass is 79.9. The van der Waals surface area contributed by atoms with E-state index in [1.54, 1.807) is 12.1 Å². The van der Waals surface area contributed by atoms with E-state index in [0.717, 1.165) is 27.7 Å². The zero-order valence-corrected chi connectivity index (χ0v) is 14.6. The van der Waals surface area contributed by atoms with Crippen LogP contribution in [-0.2, 0) is 0 Å². The topological polar surface area (TPSA) is 12.0 Å². The first-order valence-electron chi connectivity index (χ1n) is 6.89. The van der Waals surface area contributed by atoms with E-state index in [1.165, 1.54) is 6.07 Å². The third-order valence-corrected chi connectivity index (χ3v) is 4.74. The molecule has 0 saturated carbocycles. The van der Waals surface area contributed by atoms with Gasteiger partial charge in [-0.3, -0.25) is 0 Å². The SMILES string of the molecule is CCNC(c1cc(C)c(Br)cc1C)c1c(F)cccc1Cl. The fourth-order valence-electron chi connectivity index (χ4n) is 2.47. The van der Waals surface area contributed by atoms with Crippen molar-refractivity contribution in [1.82, 2.24) is 5.32 Å². The lowest BCUT2D eigenvalue weighted by atomic mass is 9.93. The molecule has 0 aliphatic rings. The van der Waals surface area contributed by atoms with Crippen molar-refractivity contribution in [2.45, 2.75) is 26.8 Å². The first kappa shape index (κ1) is 16.5. The Morgan fingerprint density at radius 2 is 1.95 bits per heavy atom. The Balaban J connectivity index is 2.62. The van der Waals surface area contributed by atoms with E-state index >= 15 is 0 Å². The maximum Gasteiger partial charge on any atom is 0.129 e. The fourth-order valence-corrected chi connectivity index (χ4v) is 3.20. The molecule has 0 spiro atoms. The molecule has 0 heterocycles. The highest BCUT2D eigenvalue weighted by Gasteiger charge is 2.22. The molecule has 0 saturated heterocycles. The van der Waals surface area contributed by atoms with Crippen molar-refractivity contribution >= 4 is 27.5 Å². The van der Waals surface area contributed by atoms with Gasteiger partial charge in [0.2, 0.25) is 0 Å². The molecule has 4 heteroatoms. The highest BCUT2D eigenvalue weighted by Crippen LogP contribution is 2.34. The number of hydrogen-bond donors (Lipinski definition) is 1. The third-order valence-electron chi connectivity index (χ3n) is 3.55. The minimum atomic E-state index is -0.284. The third kappa shape index (κ3) is 3.47. The Hall–Kier alpha value is -0.900. The molecule has 2 aromatic rings. The molecule has 1 unspecified atom stereocenters. The van der Waals surface area contributed by atoms with Gasteiger partial charge in [-0.15, -0.1) is 0 Å². The molecule has 21 heavy (non-hydrogen) atoms. The van der Waals surface area contributed by atoms with Gasteiger partial charge < -0.3 is 5.32 Å². The Labute approximate surface area is 138 Å². The number of halogens is 3. The van der Waals surface area contributed by atoms with Gasteiger partial charge in [0.05, 0.1) is 6.04 Å². The van der Waals surface area contributed by atoms with Crippen molar-refractivity contribution in [3.63, 3.8) is 0 Å². The molecule has 1 nitrogen and oxygen atoms in total. The van der Waals surface area contributed by atoms with Crippen LogP contribution in [0, 0.1) is 19.7 Å². The average molecular weight is 371 g/mol. The molecule has 2 rings (SSSR count). The van der Waals surface area contributed by atoms with Crippen molar-refractivity contribution in [3.8, 4) is 0 Å². The Kier molecular flexibility index (Phi) is 5.42. The summed E-state index contributed by atoms with van der Waals surface area (Å²) >= 11 is 9.78. The summed E-state index contributed by atoms with van der Waals surface area (Å²) in [5, 5.41) is 3.79. The Morgan fingerprint density at radius 3 is 2.57 bits per heavy atom. The van der Waals surface area contributed by atoms with Crippen LogP contribution in [0.15, 0.2) is 34.8 Å². The van der Waals surface area contributed by atoms with Gasteiger partial charge in [-0.1, -0.05) is 46.6 Å². The van der Waals surface area contributed by atoms with E-state index in [0.29, 0.717) is 10.6 Å². The molecule has 1 N–H and O–H groups in total. The molecule has 0 aliphatic heterocycles. The van der Waals surface area contributed by atoms with Gasteiger partial charge in [-0.25, -0.2) is 4.39 Å². The lowest BCUT2D eigenvalue weighted by Gasteiger charge is -2.23. The molecule has 0 radical (unpaired) electrons. The number of hydrogen-bond acceptors (Lipinski definition) is 1. The smallest absolute Gasteiger partial charge is 0.129 e. The van der Waals surface area contributed by atoms with Crippen molar-refractivity contribution in [3.05, 3.63) is 67.9 Å². The normalized spacial score (nSPS) is 12.5. The van der Waals surface area contributed by atoms with Crippen LogP contribution in [0.1, 0.15) is 35.2 Å². The van der Waals surface area contributed by atoms with Crippen LogP contribution in [0.3, 0.4) is 0 Å². The number of benzene rings is 2. The van der Waals surface area contributed by atoms with E-state index in [2.05, 4.69) is 33.4 Å². The summed E-state index contributed by atoms with van der Waals surface area (Å²) in [4.78, 5) is 0. The summed E-state index contributed by atoms with van der Waals surface area (Å²) in [6, 6.07) is 8.69. The average Bonchev–Trinajstić information content (AvgIpc) is 2.42. The second-order valence-corrected chi connectivity index (χ2v) is 6.35. The van der Waals surface area contributed by atoms with Gasteiger partial charge in [-0.05, 0) is 55.3 Å². The quantitative estimate of drug-likeness (QED) is 0.743. The van der Waals surface area contributed by atoms with Gasteiger partial charge in [-0.2, -0.15) is 0 Å². The summed E-state index contributed by atoms with van der Waals surface area (Å²) in [5.41, 5.74) is 3.76. The molecule has 0 amide bonds. The van der Waals surface area contributed by atoms with Gasteiger partial charge in [0, 0.05) is 15.1 Å². The second-order valence-electron chi connectivity index (χ2n) is 5.08. The van der Waals surface area contributed by atoms with Crippen molar-refractivity contribution in [2.24, 2.45) is 0 Å². The largest absolute Gasteiger partial charge is 0.306 e. The zero-order chi connectivity index (χ0) is 15.6. The van der Waals surface area contributed by atoms with Crippen molar-refractivity contribution < 1.29 is 4.39 Å². The molecule has 0 fully saturated rings. The zero-order valence-electron chi connectivity index (χ0n) is 12.3. The van der Waals surface area contributed by atoms with Crippen LogP contribution >= 0.6 is 27.5 Å². The molecule has 2 aromatic carbocycles. The minimum Gasteiger partial charge on any atom is -0.306 e. The second kappa shape index (κ2) is 6.91. The fraction of sp³-hybridized carbons (Fsp3) is 0.294. The number of nitrogens with one attached hydrogen (secondary N) is 1. The van der Waals surface area contributed by atoms with Crippen molar-refractivity contribution in [1.29, 1.82) is 0 Å². The van der Waals surface area contributed by atoms with Crippen LogP contribution in [0.4, 0.5) is 4.39 Å². The van der Waals surface area contributed by atoms with Gasteiger partial charge in [0.1, 0.15) is 5.82 Å². The van der Waals surface area contributed by atoms with Crippen LogP contribution in [0.25, 0.3) is 0 Å².